The normalized spacial score (nSPS) is 31.6. The van der Waals surface area contributed by atoms with E-state index in [0.29, 0.717) is 19.6 Å². The van der Waals surface area contributed by atoms with Crippen LogP contribution in [0.5, 0.6) is 0 Å². The van der Waals surface area contributed by atoms with Crippen molar-refractivity contribution in [3.8, 4) is 0 Å². The van der Waals surface area contributed by atoms with E-state index in [9.17, 15) is 9.59 Å². The van der Waals surface area contributed by atoms with Crippen molar-refractivity contribution in [3.05, 3.63) is 12.2 Å². The number of amides is 2. The van der Waals surface area contributed by atoms with Crippen molar-refractivity contribution in [2.45, 2.75) is 32.7 Å². The van der Waals surface area contributed by atoms with Gasteiger partial charge in [0.15, 0.2) is 5.96 Å². The lowest BCUT2D eigenvalue weighted by Crippen LogP contribution is -2.52. The van der Waals surface area contributed by atoms with E-state index in [1.807, 2.05) is 6.92 Å². The molecule has 2 bridgehead atoms. The van der Waals surface area contributed by atoms with Crippen LogP contribution in [0.25, 0.3) is 0 Å². The van der Waals surface area contributed by atoms with Crippen LogP contribution in [0, 0.1) is 23.7 Å². The van der Waals surface area contributed by atoms with Gasteiger partial charge in [0.1, 0.15) is 0 Å². The second-order valence-electron chi connectivity index (χ2n) is 9.36. The zero-order chi connectivity index (χ0) is 21.3. The molecule has 4 unspecified atom stereocenters. The van der Waals surface area contributed by atoms with Gasteiger partial charge >= 0.3 is 0 Å². The zero-order valence-corrected chi connectivity index (χ0v) is 18.4. The number of hydrogen-bond acceptors (Lipinski definition) is 5. The molecule has 8 heteroatoms. The maximum absolute atomic E-state index is 12.8. The second-order valence-corrected chi connectivity index (χ2v) is 9.36. The van der Waals surface area contributed by atoms with Crippen LogP contribution in [-0.2, 0) is 14.3 Å². The van der Waals surface area contributed by atoms with E-state index in [-0.39, 0.29) is 41.0 Å². The monoisotopic (exact) mass is 417 g/mol. The smallest absolute Gasteiger partial charge is 0.233 e. The van der Waals surface area contributed by atoms with Crippen molar-refractivity contribution in [1.29, 1.82) is 0 Å². The molecule has 2 N–H and O–H groups in total. The summed E-state index contributed by atoms with van der Waals surface area (Å²) in [4.78, 5) is 34.2. The van der Waals surface area contributed by atoms with Gasteiger partial charge in [-0.2, -0.15) is 0 Å². The number of carbonyl (C=O) groups excluding carboxylic acids is 2. The van der Waals surface area contributed by atoms with E-state index in [4.69, 9.17) is 9.73 Å². The number of aliphatic imine (C=N–C) groups is 1. The van der Waals surface area contributed by atoms with Gasteiger partial charge in [-0.25, -0.2) is 0 Å². The minimum absolute atomic E-state index is 0.0130. The number of rotatable bonds is 7. The summed E-state index contributed by atoms with van der Waals surface area (Å²) in [5, 5.41) is 6.57. The summed E-state index contributed by atoms with van der Waals surface area (Å²) in [6.45, 7) is 12.1. The van der Waals surface area contributed by atoms with Gasteiger partial charge in [-0.1, -0.05) is 12.2 Å². The Hall–Kier alpha value is -1.93. The first-order chi connectivity index (χ1) is 14.4. The Morgan fingerprint density at radius 3 is 2.37 bits per heavy atom. The molecule has 2 heterocycles. The fourth-order valence-corrected chi connectivity index (χ4v) is 5.35. The lowest BCUT2D eigenvalue weighted by molar-refractivity contribution is -0.140. The van der Waals surface area contributed by atoms with E-state index in [1.54, 1.807) is 0 Å². The van der Waals surface area contributed by atoms with Gasteiger partial charge in [-0.3, -0.25) is 24.4 Å². The SMILES string of the molecule is CCNC(=NCC(C)(C)N1CCOCC1)NCCN1C(=O)C2C3C=CC(C3)C2C1=O. The van der Waals surface area contributed by atoms with Crippen molar-refractivity contribution < 1.29 is 14.3 Å². The number of fused-ring (bicyclic) bond motifs is 5. The number of likely N-dealkylation sites (tertiary alicyclic amines) is 1. The number of hydrogen-bond donors (Lipinski definition) is 2. The molecular weight excluding hydrogens is 382 g/mol. The molecule has 4 aliphatic rings. The van der Waals surface area contributed by atoms with E-state index in [0.717, 1.165) is 45.2 Å². The minimum atomic E-state index is -0.122. The third kappa shape index (κ3) is 3.99. The van der Waals surface area contributed by atoms with E-state index in [1.165, 1.54) is 4.90 Å². The van der Waals surface area contributed by atoms with Crippen LogP contribution < -0.4 is 10.6 Å². The predicted octanol–water partition coefficient (Wildman–Crippen LogP) is 0.459. The van der Waals surface area contributed by atoms with Gasteiger partial charge < -0.3 is 15.4 Å². The molecule has 3 fully saturated rings. The molecule has 0 radical (unpaired) electrons. The quantitative estimate of drug-likeness (QED) is 0.271. The molecule has 2 saturated heterocycles. The van der Waals surface area contributed by atoms with Crippen LogP contribution in [0.1, 0.15) is 27.2 Å². The Kier molecular flexibility index (Phi) is 6.16. The standard InChI is InChI=1S/C22H35N5O3/c1-4-23-21(25-14-22(2,3)26-9-11-30-12-10-26)24-7-8-27-19(28)17-15-5-6-16(13-15)18(17)20(27)29/h5-6,15-18H,4,7-14H2,1-3H3,(H2,23,24,25). The Balaban J connectivity index is 1.30. The maximum atomic E-state index is 12.8. The topological polar surface area (TPSA) is 86.3 Å². The summed E-state index contributed by atoms with van der Waals surface area (Å²) < 4.78 is 5.46. The van der Waals surface area contributed by atoms with Gasteiger partial charge in [-0.05, 0) is 39.0 Å². The summed E-state index contributed by atoms with van der Waals surface area (Å²) in [5.41, 5.74) is -0.0588. The first kappa shape index (κ1) is 21.3. The number of imide groups is 1. The van der Waals surface area contributed by atoms with Gasteiger partial charge in [0.05, 0.1) is 31.6 Å². The van der Waals surface area contributed by atoms with E-state index >= 15 is 0 Å². The number of ether oxygens (including phenoxy) is 1. The molecule has 0 spiro atoms. The molecule has 2 aliphatic heterocycles. The molecular formula is C22H35N5O3. The summed E-state index contributed by atoms with van der Waals surface area (Å²) in [6.07, 6.45) is 5.23. The fourth-order valence-electron chi connectivity index (χ4n) is 5.35. The fraction of sp³-hybridized carbons (Fsp3) is 0.773. The van der Waals surface area contributed by atoms with Crippen LogP contribution in [-0.4, -0.2) is 85.6 Å². The highest BCUT2D eigenvalue weighted by atomic mass is 16.5. The number of morpholine rings is 1. The number of carbonyl (C=O) groups is 2. The lowest BCUT2D eigenvalue weighted by Gasteiger charge is -2.39. The van der Waals surface area contributed by atoms with Crippen LogP contribution >= 0.6 is 0 Å². The molecule has 0 aromatic rings. The molecule has 1 saturated carbocycles. The molecule has 0 aromatic carbocycles. The minimum Gasteiger partial charge on any atom is -0.379 e. The number of guanidine groups is 1. The molecule has 4 atom stereocenters. The Labute approximate surface area is 179 Å². The first-order valence-corrected chi connectivity index (χ1v) is 11.3. The molecule has 166 valence electrons. The van der Waals surface area contributed by atoms with Crippen molar-refractivity contribution in [1.82, 2.24) is 20.4 Å². The van der Waals surface area contributed by atoms with Crippen molar-refractivity contribution in [2.75, 3.05) is 52.5 Å². The largest absolute Gasteiger partial charge is 0.379 e. The Morgan fingerprint density at radius 2 is 1.77 bits per heavy atom. The Bertz CT molecular complexity index is 698. The van der Waals surface area contributed by atoms with Crippen molar-refractivity contribution >= 4 is 17.8 Å². The summed E-state index contributed by atoms with van der Waals surface area (Å²) in [7, 11) is 0. The summed E-state index contributed by atoms with van der Waals surface area (Å²) >= 11 is 0. The molecule has 0 aromatic heterocycles. The Morgan fingerprint density at radius 1 is 1.13 bits per heavy atom. The zero-order valence-electron chi connectivity index (χ0n) is 18.4. The second kappa shape index (κ2) is 8.67. The summed E-state index contributed by atoms with van der Waals surface area (Å²) in [6, 6.07) is 0. The third-order valence-corrected chi connectivity index (χ3v) is 7.02. The van der Waals surface area contributed by atoms with E-state index < -0.39 is 0 Å². The maximum Gasteiger partial charge on any atom is 0.233 e. The molecule has 30 heavy (non-hydrogen) atoms. The highest BCUT2D eigenvalue weighted by Crippen LogP contribution is 2.52. The van der Waals surface area contributed by atoms with Crippen molar-refractivity contribution in [2.24, 2.45) is 28.7 Å². The van der Waals surface area contributed by atoms with Gasteiger partial charge in [0.25, 0.3) is 0 Å². The van der Waals surface area contributed by atoms with Crippen LogP contribution in [0.4, 0.5) is 0 Å². The number of nitrogens with one attached hydrogen (secondary N) is 2. The van der Waals surface area contributed by atoms with Crippen LogP contribution in [0.15, 0.2) is 17.1 Å². The average molecular weight is 418 g/mol. The van der Waals surface area contributed by atoms with Crippen LogP contribution in [0.2, 0.25) is 0 Å². The highest BCUT2D eigenvalue weighted by molar-refractivity contribution is 6.06. The molecule has 8 nitrogen and oxygen atoms in total. The first-order valence-electron chi connectivity index (χ1n) is 11.3. The third-order valence-electron chi connectivity index (χ3n) is 7.02. The van der Waals surface area contributed by atoms with Crippen molar-refractivity contribution in [3.63, 3.8) is 0 Å². The van der Waals surface area contributed by atoms with Gasteiger partial charge in [0.2, 0.25) is 11.8 Å². The number of allylic oxidation sites excluding steroid dienone is 2. The molecule has 2 amide bonds. The van der Waals surface area contributed by atoms with Gasteiger partial charge in [-0.15, -0.1) is 0 Å². The number of nitrogens with zero attached hydrogens (tertiary/aromatic N) is 3. The predicted molar refractivity (Wildman–Crippen MR) is 115 cm³/mol. The molecule has 4 rings (SSSR count). The van der Waals surface area contributed by atoms with Crippen LogP contribution in [0.3, 0.4) is 0 Å². The van der Waals surface area contributed by atoms with Gasteiger partial charge in [0, 0.05) is 38.3 Å². The molecule has 2 aliphatic carbocycles. The summed E-state index contributed by atoms with van der Waals surface area (Å²) in [5.74, 6) is 1.02. The lowest BCUT2D eigenvalue weighted by atomic mass is 9.85. The average Bonchev–Trinajstić information content (AvgIpc) is 3.42. The van der Waals surface area contributed by atoms with E-state index in [2.05, 4.69) is 41.5 Å². The highest BCUT2D eigenvalue weighted by Gasteiger charge is 2.58.